The first-order valence-corrected chi connectivity index (χ1v) is 5.55. The molecule has 86 valence electrons. The molecule has 0 aromatic carbocycles. The number of aliphatic hydroxyl groups is 2. The maximum absolute atomic E-state index is 9.66. The van der Waals surface area contributed by atoms with E-state index in [1.54, 1.807) is 6.92 Å². The Morgan fingerprint density at radius 2 is 2.13 bits per heavy atom. The molecule has 0 aliphatic heterocycles. The molecule has 3 atom stereocenters. The molecule has 0 radical (unpaired) electrons. The summed E-state index contributed by atoms with van der Waals surface area (Å²) in [5, 5.41) is 18.9. The smallest absolute Gasteiger partial charge is 0.0729 e. The lowest BCUT2D eigenvalue weighted by Crippen LogP contribution is -2.32. The molecule has 0 fully saturated rings. The summed E-state index contributed by atoms with van der Waals surface area (Å²) in [4.78, 5) is 0. The lowest BCUT2D eigenvalue weighted by molar-refractivity contribution is 0.117. The molecule has 1 aliphatic carbocycles. The van der Waals surface area contributed by atoms with Gasteiger partial charge >= 0.3 is 0 Å². The van der Waals surface area contributed by atoms with Crippen LogP contribution in [0.2, 0.25) is 0 Å². The van der Waals surface area contributed by atoms with Gasteiger partial charge in [-0.05, 0) is 25.7 Å². The summed E-state index contributed by atoms with van der Waals surface area (Å²) in [5.41, 5.74) is 1.25. The summed E-state index contributed by atoms with van der Waals surface area (Å²) in [6.45, 7) is 8.11. The zero-order valence-corrected chi connectivity index (χ0v) is 10.1. The fourth-order valence-corrected chi connectivity index (χ4v) is 2.43. The molecule has 0 bridgehead atoms. The van der Waals surface area contributed by atoms with Gasteiger partial charge in [0.1, 0.15) is 0 Å². The van der Waals surface area contributed by atoms with Crippen LogP contribution in [0.3, 0.4) is 0 Å². The van der Waals surface area contributed by atoms with Gasteiger partial charge in [0.05, 0.1) is 12.2 Å². The number of rotatable bonds is 2. The van der Waals surface area contributed by atoms with Crippen molar-refractivity contribution >= 4 is 0 Å². The van der Waals surface area contributed by atoms with E-state index in [0.29, 0.717) is 5.92 Å². The van der Waals surface area contributed by atoms with Crippen molar-refractivity contribution < 1.29 is 10.2 Å². The molecule has 15 heavy (non-hydrogen) atoms. The average Bonchev–Trinajstić information content (AvgIpc) is 1.98. The monoisotopic (exact) mass is 210 g/mol. The second-order valence-corrected chi connectivity index (χ2v) is 5.27. The summed E-state index contributed by atoms with van der Waals surface area (Å²) in [7, 11) is 0. The highest BCUT2D eigenvalue weighted by Gasteiger charge is 2.34. The van der Waals surface area contributed by atoms with Gasteiger partial charge in [0.25, 0.3) is 0 Å². The second-order valence-electron chi connectivity index (χ2n) is 5.27. The van der Waals surface area contributed by atoms with Gasteiger partial charge in [-0.15, -0.1) is 0 Å². The topological polar surface area (TPSA) is 40.5 Å². The Hall–Kier alpha value is -0.600. The van der Waals surface area contributed by atoms with E-state index in [4.69, 9.17) is 0 Å². The van der Waals surface area contributed by atoms with Gasteiger partial charge in [-0.2, -0.15) is 0 Å². The Bertz CT molecular complexity index is 274. The fraction of sp³-hybridized carbons (Fsp3) is 0.692. The normalized spacial score (nSPS) is 32.8. The van der Waals surface area contributed by atoms with Gasteiger partial charge in [-0.1, -0.05) is 37.6 Å². The van der Waals surface area contributed by atoms with Crippen molar-refractivity contribution in [3.05, 3.63) is 23.8 Å². The Labute approximate surface area is 92.3 Å². The van der Waals surface area contributed by atoms with Gasteiger partial charge in [-0.25, -0.2) is 0 Å². The lowest BCUT2D eigenvalue weighted by atomic mass is 9.68. The second kappa shape index (κ2) is 4.50. The van der Waals surface area contributed by atoms with Gasteiger partial charge in [0.2, 0.25) is 0 Å². The largest absolute Gasteiger partial charge is 0.389 e. The Kier molecular flexibility index (Phi) is 3.74. The molecule has 2 N–H and O–H groups in total. The van der Waals surface area contributed by atoms with Crippen LogP contribution in [0.25, 0.3) is 0 Å². The van der Waals surface area contributed by atoms with E-state index in [1.807, 2.05) is 19.1 Å². The Morgan fingerprint density at radius 3 is 2.60 bits per heavy atom. The molecule has 1 rings (SSSR count). The molecule has 1 aliphatic rings. The van der Waals surface area contributed by atoms with Crippen molar-refractivity contribution in [3.63, 3.8) is 0 Å². The van der Waals surface area contributed by atoms with Crippen molar-refractivity contribution in [2.45, 2.75) is 46.3 Å². The van der Waals surface area contributed by atoms with E-state index in [2.05, 4.69) is 19.9 Å². The van der Waals surface area contributed by atoms with Crippen molar-refractivity contribution in [3.8, 4) is 0 Å². The standard InChI is InChI=1S/C13H22O2/c1-9-7-11(15)8-13(3,4)12(9)6-5-10(2)14/h5-7,10-12,14-15H,8H2,1-4H3/b6-5+/t10-,11+,12+/m1/s1. The van der Waals surface area contributed by atoms with Gasteiger partial charge < -0.3 is 10.2 Å². The minimum Gasteiger partial charge on any atom is -0.389 e. The predicted molar refractivity (Wildman–Crippen MR) is 62.5 cm³/mol. The maximum Gasteiger partial charge on any atom is 0.0729 e. The average molecular weight is 210 g/mol. The summed E-state index contributed by atoms with van der Waals surface area (Å²) in [5.74, 6) is 0.315. The molecule has 2 heteroatoms. The first-order valence-electron chi connectivity index (χ1n) is 5.55. The van der Waals surface area contributed by atoms with Crippen LogP contribution in [0.4, 0.5) is 0 Å². The third-order valence-corrected chi connectivity index (χ3v) is 3.11. The first kappa shape index (κ1) is 12.5. The molecule has 0 unspecified atom stereocenters. The Morgan fingerprint density at radius 1 is 1.53 bits per heavy atom. The summed E-state index contributed by atoms with van der Waals surface area (Å²) in [6, 6.07) is 0. The minimum atomic E-state index is -0.402. The van der Waals surface area contributed by atoms with Crippen LogP contribution >= 0.6 is 0 Å². The molecule has 0 saturated carbocycles. The van der Waals surface area contributed by atoms with E-state index < -0.39 is 6.10 Å². The quantitative estimate of drug-likeness (QED) is 0.686. The third kappa shape index (κ3) is 3.18. The van der Waals surface area contributed by atoms with Crippen molar-refractivity contribution in [2.24, 2.45) is 11.3 Å². The van der Waals surface area contributed by atoms with Crippen LogP contribution in [0.5, 0.6) is 0 Å². The van der Waals surface area contributed by atoms with Crippen LogP contribution in [-0.2, 0) is 0 Å². The predicted octanol–water partition coefficient (Wildman–Crippen LogP) is 2.28. The highest BCUT2D eigenvalue weighted by molar-refractivity contribution is 5.21. The number of hydrogen-bond donors (Lipinski definition) is 2. The van der Waals surface area contributed by atoms with Gasteiger partial charge in [-0.3, -0.25) is 0 Å². The molecule has 0 heterocycles. The van der Waals surface area contributed by atoms with Crippen molar-refractivity contribution in [1.29, 1.82) is 0 Å². The zero-order valence-electron chi connectivity index (χ0n) is 10.1. The van der Waals surface area contributed by atoms with Crippen LogP contribution < -0.4 is 0 Å². The van der Waals surface area contributed by atoms with E-state index in [-0.39, 0.29) is 11.5 Å². The molecular weight excluding hydrogens is 188 g/mol. The van der Waals surface area contributed by atoms with Crippen LogP contribution in [0, 0.1) is 11.3 Å². The third-order valence-electron chi connectivity index (χ3n) is 3.11. The molecular formula is C13H22O2. The first-order chi connectivity index (χ1) is 6.83. The zero-order chi connectivity index (χ0) is 11.6. The van der Waals surface area contributed by atoms with E-state index in [1.165, 1.54) is 5.57 Å². The maximum atomic E-state index is 9.66. The van der Waals surface area contributed by atoms with Crippen LogP contribution in [0.1, 0.15) is 34.1 Å². The van der Waals surface area contributed by atoms with E-state index in [0.717, 1.165) is 6.42 Å². The van der Waals surface area contributed by atoms with E-state index >= 15 is 0 Å². The van der Waals surface area contributed by atoms with Crippen molar-refractivity contribution in [1.82, 2.24) is 0 Å². The summed E-state index contributed by atoms with van der Waals surface area (Å²) >= 11 is 0. The van der Waals surface area contributed by atoms with Gasteiger partial charge in [0.15, 0.2) is 0 Å². The number of aliphatic hydroxyl groups excluding tert-OH is 2. The van der Waals surface area contributed by atoms with Gasteiger partial charge in [0, 0.05) is 5.92 Å². The molecule has 0 amide bonds. The summed E-state index contributed by atoms with van der Waals surface area (Å²) < 4.78 is 0. The molecule has 0 spiro atoms. The number of allylic oxidation sites excluding steroid dienone is 2. The highest BCUT2D eigenvalue weighted by atomic mass is 16.3. The van der Waals surface area contributed by atoms with Crippen molar-refractivity contribution in [2.75, 3.05) is 0 Å². The highest BCUT2D eigenvalue weighted by Crippen LogP contribution is 2.41. The Balaban J connectivity index is 2.89. The molecule has 0 aromatic heterocycles. The van der Waals surface area contributed by atoms with Crippen LogP contribution in [-0.4, -0.2) is 22.4 Å². The number of hydrogen-bond acceptors (Lipinski definition) is 2. The minimum absolute atomic E-state index is 0.0592. The fourth-order valence-electron chi connectivity index (χ4n) is 2.43. The molecule has 0 saturated heterocycles. The molecule has 2 nitrogen and oxygen atoms in total. The van der Waals surface area contributed by atoms with E-state index in [9.17, 15) is 10.2 Å². The van der Waals surface area contributed by atoms with Crippen LogP contribution in [0.15, 0.2) is 23.8 Å². The lowest BCUT2D eigenvalue weighted by Gasteiger charge is -2.38. The molecule has 0 aromatic rings. The summed E-state index contributed by atoms with van der Waals surface area (Å²) in [6.07, 6.45) is 5.85. The SMILES string of the molecule is CC1=C[C@H](O)CC(C)(C)[C@H]1/C=C/[C@@H](C)O.